The lowest BCUT2D eigenvalue weighted by Gasteiger charge is -2.36. The summed E-state index contributed by atoms with van der Waals surface area (Å²) in [5.41, 5.74) is -7.01. The summed E-state index contributed by atoms with van der Waals surface area (Å²) < 4.78 is 123. The van der Waals surface area contributed by atoms with Gasteiger partial charge in [0.25, 0.3) is 5.60 Å². The van der Waals surface area contributed by atoms with Crippen molar-refractivity contribution in [2.24, 2.45) is 0 Å². The smallest absolute Gasteiger partial charge is 0.378 e. The lowest BCUT2D eigenvalue weighted by Crippen LogP contribution is -2.53. The number of hydrogen-bond acceptors (Lipinski definition) is 3. The van der Waals surface area contributed by atoms with E-state index in [1.807, 2.05) is 0 Å². The summed E-state index contributed by atoms with van der Waals surface area (Å²) in [6.07, 6.45) is -16.7. The highest BCUT2D eigenvalue weighted by atomic mass is 32.1. The van der Waals surface area contributed by atoms with Gasteiger partial charge in [-0.3, -0.25) is 0 Å². The number of aliphatic hydroxyl groups is 1. The van der Waals surface area contributed by atoms with Crippen LogP contribution in [0.2, 0.25) is 0 Å². The SMILES string of the molecule is OC(c1ccc(N(Cc2ccc(C(F)(F)F)cc2)C(=S)N2CCOCC2)cc1)(C(F)(F)F)C(F)(F)F. The van der Waals surface area contributed by atoms with Crippen LogP contribution in [0, 0.1) is 0 Å². The van der Waals surface area contributed by atoms with Crippen LogP contribution in [0.15, 0.2) is 48.5 Å². The Morgan fingerprint density at radius 1 is 0.806 bits per heavy atom. The van der Waals surface area contributed by atoms with Crippen molar-refractivity contribution in [3.8, 4) is 0 Å². The van der Waals surface area contributed by atoms with Crippen molar-refractivity contribution in [1.82, 2.24) is 4.90 Å². The maximum atomic E-state index is 13.2. The van der Waals surface area contributed by atoms with Crippen molar-refractivity contribution >= 4 is 23.0 Å². The fourth-order valence-corrected chi connectivity index (χ4v) is 3.90. The maximum absolute atomic E-state index is 13.2. The van der Waals surface area contributed by atoms with Gasteiger partial charge in [-0.1, -0.05) is 24.3 Å². The van der Waals surface area contributed by atoms with E-state index >= 15 is 0 Å². The van der Waals surface area contributed by atoms with Crippen LogP contribution in [0.25, 0.3) is 0 Å². The Balaban J connectivity index is 1.98. The van der Waals surface area contributed by atoms with Crippen molar-refractivity contribution in [2.45, 2.75) is 30.7 Å². The minimum Gasteiger partial charge on any atom is -0.378 e. The average molecular weight is 546 g/mol. The lowest BCUT2D eigenvalue weighted by molar-refractivity contribution is -0.376. The van der Waals surface area contributed by atoms with Crippen molar-refractivity contribution in [3.05, 3.63) is 65.2 Å². The van der Waals surface area contributed by atoms with Gasteiger partial charge in [-0.05, 0) is 42.0 Å². The van der Waals surface area contributed by atoms with Crippen LogP contribution in [0.4, 0.5) is 45.2 Å². The van der Waals surface area contributed by atoms with E-state index in [0.29, 0.717) is 44.0 Å². The molecular weight excluding hydrogens is 527 g/mol. The molecule has 0 amide bonds. The fourth-order valence-electron chi connectivity index (χ4n) is 3.55. The van der Waals surface area contributed by atoms with E-state index in [2.05, 4.69) is 0 Å². The van der Waals surface area contributed by atoms with Crippen LogP contribution in [-0.2, 0) is 23.1 Å². The van der Waals surface area contributed by atoms with E-state index in [1.54, 1.807) is 4.90 Å². The Bertz CT molecular complexity index is 1030. The molecule has 1 heterocycles. The number of alkyl halides is 9. The number of hydrogen-bond donors (Lipinski definition) is 1. The van der Waals surface area contributed by atoms with Crippen LogP contribution < -0.4 is 4.90 Å². The molecule has 1 N–H and O–H groups in total. The van der Waals surface area contributed by atoms with Crippen molar-refractivity contribution < 1.29 is 49.4 Å². The number of morpholine rings is 1. The summed E-state index contributed by atoms with van der Waals surface area (Å²) in [6.45, 7) is 1.20. The van der Waals surface area contributed by atoms with Gasteiger partial charge in [0.05, 0.1) is 25.3 Å². The van der Waals surface area contributed by atoms with Crippen LogP contribution >= 0.6 is 12.2 Å². The van der Waals surface area contributed by atoms with Gasteiger partial charge < -0.3 is 19.6 Å². The molecule has 2 aromatic carbocycles. The Kier molecular flexibility index (Phi) is 7.82. The zero-order valence-corrected chi connectivity index (χ0v) is 19.0. The third kappa shape index (κ3) is 5.70. The van der Waals surface area contributed by atoms with Crippen LogP contribution in [0.3, 0.4) is 0 Å². The number of anilines is 1. The molecule has 0 bridgehead atoms. The summed E-state index contributed by atoms with van der Waals surface area (Å²) in [4.78, 5) is 3.06. The third-order valence-corrected chi connectivity index (χ3v) is 6.03. The zero-order chi connectivity index (χ0) is 26.9. The first-order valence-electron chi connectivity index (χ1n) is 10.3. The van der Waals surface area contributed by atoms with Crippen LogP contribution in [0.5, 0.6) is 0 Å². The molecule has 2 aromatic rings. The summed E-state index contributed by atoms with van der Waals surface area (Å²) in [5.74, 6) is 0. The number of nitrogens with zero attached hydrogens (tertiary/aromatic N) is 2. The molecule has 4 nitrogen and oxygen atoms in total. The highest BCUT2D eigenvalue weighted by molar-refractivity contribution is 7.80. The number of rotatable bonds is 4. The van der Waals surface area contributed by atoms with Gasteiger partial charge in [0.1, 0.15) is 0 Å². The van der Waals surface area contributed by atoms with Gasteiger partial charge >= 0.3 is 18.5 Å². The molecule has 0 spiro atoms. The molecule has 1 aliphatic rings. The molecule has 1 saturated heterocycles. The number of ether oxygens (including phenoxy) is 1. The fraction of sp³-hybridized carbons (Fsp3) is 0.409. The second kappa shape index (κ2) is 10.1. The first kappa shape index (κ1) is 28.0. The quantitative estimate of drug-likeness (QED) is 0.397. The predicted octanol–water partition coefficient (Wildman–Crippen LogP) is 5.64. The molecular formula is C22H19F9N2O2S. The van der Waals surface area contributed by atoms with E-state index in [0.717, 1.165) is 24.3 Å². The minimum absolute atomic E-state index is 0.0711. The molecule has 0 aromatic heterocycles. The second-order valence-corrected chi connectivity index (χ2v) is 8.28. The average Bonchev–Trinajstić information content (AvgIpc) is 2.80. The standard InChI is InChI=1S/C22H19F9N2O2S/c23-20(24,25)16-3-1-14(2-4-16)13-33(18(36)32-9-11-35-12-10-32)17-7-5-15(6-8-17)19(34,21(26,27)28)22(29,30)31/h1-8,34H,9-13H2. The predicted molar refractivity (Wildman–Crippen MR) is 115 cm³/mol. The van der Waals surface area contributed by atoms with Gasteiger partial charge in [0.2, 0.25) is 0 Å². The van der Waals surface area contributed by atoms with Gasteiger partial charge in [0.15, 0.2) is 5.11 Å². The number of halogens is 9. The molecule has 0 unspecified atom stereocenters. The minimum atomic E-state index is -6.05. The topological polar surface area (TPSA) is 35.9 Å². The van der Waals surface area contributed by atoms with E-state index in [-0.39, 0.29) is 17.3 Å². The monoisotopic (exact) mass is 546 g/mol. The van der Waals surface area contributed by atoms with Crippen molar-refractivity contribution in [3.63, 3.8) is 0 Å². The molecule has 3 rings (SSSR count). The van der Waals surface area contributed by atoms with Gasteiger partial charge in [-0.15, -0.1) is 0 Å². The van der Waals surface area contributed by atoms with Crippen molar-refractivity contribution in [1.29, 1.82) is 0 Å². The molecule has 0 aliphatic carbocycles. The van der Waals surface area contributed by atoms with E-state index < -0.39 is 35.3 Å². The first-order valence-corrected chi connectivity index (χ1v) is 10.7. The third-order valence-electron chi connectivity index (χ3n) is 5.55. The molecule has 198 valence electrons. The van der Waals surface area contributed by atoms with E-state index in [4.69, 9.17) is 17.0 Å². The van der Waals surface area contributed by atoms with Crippen LogP contribution in [0.1, 0.15) is 16.7 Å². The molecule has 36 heavy (non-hydrogen) atoms. The van der Waals surface area contributed by atoms with Gasteiger partial charge in [-0.2, -0.15) is 39.5 Å². The zero-order valence-electron chi connectivity index (χ0n) is 18.2. The summed E-state index contributed by atoms with van der Waals surface area (Å²) in [6, 6.07) is 6.90. The maximum Gasteiger partial charge on any atom is 0.430 e. The Labute approximate surface area is 204 Å². The van der Waals surface area contributed by atoms with Gasteiger partial charge in [-0.25, -0.2) is 0 Å². The van der Waals surface area contributed by atoms with E-state index in [9.17, 15) is 44.6 Å². The number of benzene rings is 2. The Morgan fingerprint density at radius 2 is 1.28 bits per heavy atom. The summed E-state index contributed by atoms with van der Waals surface area (Å²) >= 11 is 5.49. The summed E-state index contributed by atoms with van der Waals surface area (Å²) in [7, 11) is 0. The normalized spacial score (nSPS) is 15.7. The molecule has 0 radical (unpaired) electrons. The van der Waals surface area contributed by atoms with Crippen molar-refractivity contribution in [2.75, 3.05) is 31.2 Å². The Morgan fingerprint density at radius 3 is 1.72 bits per heavy atom. The Hall–Kier alpha value is -2.58. The first-order chi connectivity index (χ1) is 16.6. The second-order valence-electron chi connectivity index (χ2n) is 7.92. The lowest BCUT2D eigenvalue weighted by atomic mass is 9.92. The molecule has 1 aliphatic heterocycles. The number of thiocarbonyl (C=S) groups is 1. The highest BCUT2D eigenvalue weighted by Gasteiger charge is 2.71. The molecule has 1 fully saturated rings. The molecule has 14 heteroatoms. The summed E-state index contributed by atoms with van der Waals surface area (Å²) in [5, 5.41) is 9.77. The van der Waals surface area contributed by atoms with Gasteiger partial charge in [0, 0.05) is 24.3 Å². The molecule has 0 saturated carbocycles. The highest BCUT2D eigenvalue weighted by Crippen LogP contribution is 2.50. The van der Waals surface area contributed by atoms with Crippen LogP contribution in [-0.4, -0.2) is 53.8 Å². The largest absolute Gasteiger partial charge is 0.430 e. The van der Waals surface area contributed by atoms with E-state index in [1.165, 1.54) is 17.0 Å². The molecule has 0 atom stereocenters.